The fourth-order valence-corrected chi connectivity index (χ4v) is 4.49. The van der Waals surface area contributed by atoms with Crippen LogP contribution in [0.1, 0.15) is 51.0 Å². The third-order valence-corrected chi connectivity index (χ3v) is 6.21. The first-order valence-corrected chi connectivity index (χ1v) is 10.6. The molecule has 6 nitrogen and oxygen atoms in total. The predicted molar refractivity (Wildman–Crippen MR) is 109 cm³/mol. The van der Waals surface area contributed by atoms with Gasteiger partial charge in [-0.3, -0.25) is 9.69 Å². The Morgan fingerprint density at radius 1 is 1.11 bits per heavy atom. The van der Waals surface area contributed by atoms with Gasteiger partial charge in [-0.2, -0.15) is 0 Å². The number of carboxylic acids is 1. The molecule has 0 aliphatic heterocycles. The Kier molecular flexibility index (Phi) is 7.31. The highest BCUT2D eigenvalue weighted by molar-refractivity contribution is 5.75. The fourth-order valence-electron chi connectivity index (χ4n) is 4.49. The number of likely N-dealkylation sites (N-methyl/N-ethyl adjacent to an activating group) is 1. The average Bonchev–Trinajstić information content (AvgIpc) is 3.18. The highest BCUT2D eigenvalue weighted by Gasteiger charge is 2.36. The van der Waals surface area contributed by atoms with Crippen molar-refractivity contribution in [3.8, 4) is 0 Å². The van der Waals surface area contributed by atoms with Gasteiger partial charge in [-0.25, -0.2) is 4.79 Å². The smallest absolute Gasteiger partial charge is 0.317 e. The summed E-state index contributed by atoms with van der Waals surface area (Å²) in [6.45, 7) is 3.53. The summed E-state index contributed by atoms with van der Waals surface area (Å²) in [5.41, 5.74) is 1.26. The van der Waals surface area contributed by atoms with E-state index in [9.17, 15) is 9.59 Å². The van der Waals surface area contributed by atoms with Crippen molar-refractivity contribution in [3.63, 3.8) is 0 Å². The van der Waals surface area contributed by atoms with E-state index >= 15 is 0 Å². The van der Waals surface area contributed by atoms with Crippen LogP contribution in [0.3, 0.4) is 0 Å². The van der Waals surface area contributed by atoms with Crippen molar-refractivity contribution >= 4 is 12.0 Å². The molecule has 0 heterocycles. The van der Waals surface area contributed by atoms with E-state index in [1.807, 2.05) is 34.9 Å². The maximum atomic E-state index is 13.0. The summed E-state index contributed by atoms with van der Waals surface area (Å²) in [7, 11) is 0. The second-order valence-electron chi connectivity index (χ2n) is 8.10. The number of nitrogens with one attached hydrogen (secondary N) is 1. The number of benzene rings is 1. The van der Waals surface area contributed by atoms with E-state index in [-0.39, 0.29) is 24.7 Å². The van der Waals surface area contributed by atoms with Gasteiger partial charge in [0.2, 0.25) is 0 Å². The van der Waals surface area contributed by atoms with Crippen molar-refractivity contribution in [2.24, 2.45) is 0 Å². The molecule has 2 amide bonds. The summed E-state index contributed by atoms with van der Waals surface area (Å²) < 4.78 is 0. The highest BCUT2D eigenvalue weighted by atomic mass is 16.4. The highest BCUT2D eigenvalue weighted by Crippen LogP contribution is 2.27. The Morgan fingerprint density at radius 3 is 2.39 bits per heavy atom. The molecule has 1 aromatic carbocycles. The molecule has 0 spiro atoms. The normalized spacial score (nSPS) is 22.1. The van der Waals surface area contributed by atoms with Crippen LogP contribution in [-0.4, -0.2) is 64.7 Å². The van der Waals surface area contributed by atoms with Crippen LogP contribution >= 0.6 is 0 Å². The summed E-state index contributed by atoms with van der Waals surface area (Å²) in [4.78, 5) is 28.0. The van der Waals surface area contributed by atoms with Crippen molar-refractivity contribution in [2.75, 3.05) is 19.6 Å². The minimum Gasteiger partial charge on any atom is -0.480 e. The zero-order valence-corrected chi connectivity index (χ0v) is 16.8. The van der Waals surface area contributed by atoms with E-state index < -0.39 is 5.97 Å². The molecule has 3 rings (SSSR count). The van der Waals surface area contributed by atoms with Crippen molar-refractivity contribution in [3.05, 3.63) is 35.9 Å². The quantitative estimate of drug-likeness (QED) is 0.683. The van der Waals surface area contributed by atoms with Gasteiger partial charge in [-0.05, 0) is 44.2 Å². The predicted octanol–water partition coefficient (Wildman–Crippen LogP) is 3.12. The number of hydrogen-bond donors (Lipinski definition) is 2. The second kappa shape index (κ2) is 9.92. The topological polar surface area (TPSA) is 72.9 Å². The number of urea groups is 1. The monoisotopic (exact) mass is 387 g/mol. The average molecular weight is 388 g/mol. The number of amides is 2. The molecule has 0 aromatic heterocycles. The van der Waals surface area contributed by atoms with Gasteiger partial charge in [0.25, 0.3) is 0 Å². The maximum Gasteiger partial charge on any atom is 0.317 e. The number of nitrogens with zero attached hydrogens (tertiary/aromatic N) is 2. The Morgan fingerprint density at radius 2 is 1.79 bits per heavy atom. The number of carboxylic acid groups (broad SMARTS) is 1. The number of carbonyl (C=O) groups excluding carboxylic acids is 1. The van der Waals surface area contributed by atoms with Gasteiger partial charge in [0, 0.05) is 24.7 Å². The number of hydrogen-bond acceptors (Lipinski definition) is 3. The molecule has 0 bridgehead atoms. The third kappa shape index (κ3) is 5.47. The van der Waals surface area contributed by atoms with Crippen LogP contribution in [0.4, 0.5) is 4.79 Å². The summed E-state index contributed by atoms with van der Waals surface area (Å²) in [6, 6.07) is 11.1. The largest absolute Gasteiger partial charge is 0.480 e. The maximum absolute atomic E-state index is 13.0. The molecular formula is C22H33N3O3. The van der Waals surface area contributed by atoms with Crippen LogP contribution in [0.15, 0.2) is 30.3 Å². The summed E-state index contributed by atoms with van der Waals surface area (Å²) in [5, 5.41) is 12.2. The van der Waals surface area contributed by atoms with E-state index in [2.05, 4.69) is 17.4 Å². The Hall–Kier alpha value is -2.08. The molecule has 0 saturated heterocycles. The molecule has 2 fully saturated rings. The van der Waals surface area contributed by atoms with Gasteiger partial charge in [-0.1, -0.05) is 50.1 Å². The van der Waals surface area contributed by atoms with Crippen LogP contribution < -0.4 is 5.32 Å². The molecular weight excluding hydrogens is 354 g/mol. The lowest BCUT2D eigenvalue weighted by Crippen LogP contribution is -2.58. The second-order valence-corrected chi connectivity index (χ2v) is 8.10. The molecule has 6 heteroatoms. The van der Waals surface area contributed by atoms with Gasteiger partial charge < -0.3 is 15.3 Å². The molecule has 1 aromatic rings. The third-order valence-electron chi connectivity index (χ3n) is 6.21. The van der Waals surface area contributed by atoms with Gasteiger partial charge in [0.15, 0.2) is 0 Å². The number of rotatable bonds is 9. The SMILES string of the molecule is CCN(CC(=O)O)C1CC(NC(=O)N(CCc2ccccc2)C2CCCC2)C1. The lowest BCUT2D eigenvalue weighted by molar-refractivity contribution is -0.139. The van der Waals surface area contributed by atoms with E-state index in [1.54, 1.807) is 0 Å². The zero-order valence-electron chi connectivity index (χ0n) is 16.8. The van der Waals surface area contributed by atoms with E-state index in [0.717, 1.165) is 45.2 Å². The summed E-state index contributed by atoms with van der Waals surface area (Å²) >= 11 is 0. The molecule has 2 saturated carbocycles. The van der Waals surface area contributed by atoms with Gasteiger partial charge in [-0.15, -0.1) is 0 Å². The lowest BCUT2D eigenvalue weighted by Gasteiger charge is -2.43. The van der Waals surface area contributed by atoms with Gasteiger partial charge >= 0.3 is 12.0 Å². The molecule has 2 N–H and O–H groups in total. The molecule has 0 radical (unpaired) electrons. The summed E-state index contributed by atoms with van der Waals surface area (Å²) in [6.07, 6.45) is 7.14. The first-order chi connectivity index (χ1) is 13.6. The Bertz CT molecular complexity index is 640. The van der Waals surface area contributed by atoms with Crippen LogP contribution in [0.5, 0.6) is 0 Å². The lowest BCUT2D eigenvalue weighted by atomic mass is 9.85. The van der Waals surface area contributed by atoms with Crippen molar-refractivity contribution in [1.29, 1.82) is 0 Å². The standard InChI is InChI=1S/C22H33N3O3/c1-2-24(16-21(26)27)20-14-18(15-20)23-22(28)25(19-10-6-7-11-19)13-12-17-8-4-3-5-9-17/h3-5,8-9,18-20H,2,6-7,10-16H2,1H3,(H,23,28)(H,26,27). The van der Waals surface area contributed by atoms with Crippen molar-refractivity contribution in [1.82, 2.24) is 15.1 Å². The van der Waals surface area contributed by atoms with Crippen LogP contribution in [0, 0.1) is 0 Å². The van der Waals surface area contributed by atoms with Crippen molar-refractivity contribution in [2.45, 2.75) is 70.0 Å². The molecule has 0 atom stereocenters. The molecule has 0 unspecified atom stereocenters. The first kappa shape index (κ1) is 20.6. The summed E-state index contributed by atoms with van der Waals surface area (Å²) in [5.74, 6) is -0.789. The molecule has 2 aliphatic rings. The first-order valence-electron chi connectivity index (χ1n) is 10.6. The molecule has 2 aliphatic carbocycles. The Labute approximate surface area is 167 Å². The minimum absolute atomic E-state index is 0.0487. The van der Waals surface area contributed by atoms with E-state index in [4.69, 9.17) is 5.11 Å². The fraction of sp³-hybridized carbons (Fsp3) is 0.636. The number of aliphatic carboxylic acids is 1. The molecule has 154 valence electrons. The number of carbonyl (C=O) groups is 2. The molecule has 28 heavy (non-hydrogen) atoms. The van der Waals surface area contributed by atoms with Gasteiger partial charge in [0.1, 0.15) is 0 Å². The van der Waals surface area contributed by atoms with Crippen LogP contribution in [0.25, 0.3) is 0 Å². The van der Waals surface area contributed by atoms with Gasteiger partial charge in [0.05, 0.1) is 6.54 Å². The zero-order chi connectivity index (χ0) is 19.9. The van der Waals surface area contributed by atoms with Crippen LogP contribution in [-0.2, 0) is 11.2 Å². The van der Waals surface area contributed by atoms with Crippen molar-refractivity contribution < 1.29 is 14.7 Å². The van der Waals surface area contributed by atoms with E-state index in [0.29, 0.717) is 6.04 Å². The Balaban J connectivity index is 1.51. The van der Waals surface area contributed by atoms with Crippen LogP contribution in [0.2, 0.25) is 0 Å². The van der Waals surface area contributed by atoms with E-state index in [1.165, 1.54) is 18.4 Å². The minimum atomic E-state index is -0.789.